The van der Waals surface area contributed by atoms with Crippen molar-refractivity contribution in [2.45, 2.75) is 29.4 Å². The zero-order valence-corrected chi connectivity index (χ0v) is 33.0. The summed E-state index contributed by atoms with van der Waals surface area (Å²) in [5.41, 5.74) is 12.6. The first-order chi connectivity index (χ1) is 28.8. The third kappa shape index (κ3) is 4.89. The van der Waals surface area contributed by atoms with E-state index in [0.717, 1.165) is 39.0 Å². The number of anilines is 3. The van der Waals surface area contributed by atoms with Crippen molar-refractivity contribution in [2.75, 3.05) is 4.90 Å². The minimum Gasteiger partial charge on any atom is -0.456 e. The summed E-state index contributed by atoms with van der Waals surface area (Å²) >= 11 is 1.90. The number of rotatable bonds is 5. The molecule has 10 aromatic rings. The van der Waals surface area contributed by atoms with E-state index in [0.29, 0.717) is 0 Å². The molecular weight excluding hydrogens is 743 g/mol. The Balaban J connectivity index is 1.09. The highest BCUT2D eigenvalue weighted by Crippen LogP contribution is 2.84. The van der Waals surface area contributed by atoms with E-state index < -0.39 is 10.0 Å². The third-order valence-electron chi connectivity index (χ3n) is 11.7. The molecule has 12 rings (SSSR count). The second kappa shape index (κ2) is 13.2. The lowest BCUT2D eigenvalue weighted by molar-refractivity contribution is 0.669. The highest BCUT2D eigenvalue weighted by atomic mass is 32.3. The molecule has 3 heterocycles. The predicted octanol–water partition coefficient (Wildman–Crippen LogP) is 16.2. The van der Waals surface area contributed by atoms with Gasteiger partial charge in [-0.25, -0.2) is 0 Å². The second-order valence-electron chi connectivity index (χ2n) is 14.8. The minimum atomic E-state index is -1.82. The molecule has 274 valence electrons. The average Bonchev–Trinajstić information content (AvgIpc) is 3.82. The maximum Gasteiger partial charge on any atom is 0.137 e. The van der Waals surface area contributed by atoms with Gasteiger partial charge in [-0.3, -0.25) is 0 Å². The Morgan fingerprint density at radius 3 is 1.62 bits per heavy atom. The van der Waals surface area contributed by atoms with Gasteiger partial charge < -0.3 is 9.32 Å². The van der Waals surface area contributed by atoms with Crippen molar-refractivity contribution in [3.05, 3.63) is 212 Å². The zero-order valence-electron chi connectivity index (χ0n) is 31.4. The van der Waals surface area contributed by atoms with Crippen LogP contribution in [0.25, 0.3) is 55.3 Å². The SMILES string of the molecule is c1ccc(-c2ccc(-c3ccc(N(c4cccc5c4Sc4ccccc4S54c5ccccc5-c5ccccc54)c4cccc5oc6ccccc6c45)cc3)cc2)cc1. The zero-order chi connectivity index (χ0) is 38.2. The molecule has 0 radical (unpaired) electrons. The van der Waals surface area contributed by atoms with Crippen LogP contribution in [-0.2, 0) is 0 Å². The lowest BCUT2D eigenvalue weighted by atomic mass is 10.00. The average molecular weight is 778 g/mol. The molecule has 2 aliphatic heterocycles. The van der Waals surface area contributed by atoms with E-state index in [9.17, 15) is 0 Å². The molecule has 9 aromatic carbocycles. The number of hydrogen-bond donors (Lipinski definition) is 0. The molecular formula is C54H35NOS2. The molecule has 1 spiro atoms. The van der Waals surface area contributed by atoms with Gasteiger partial charge in [0, 0.05) is 40.4 Å². The van der Waals surface area contributed by atoms with Gasteiger partial charge in [-0.15, -0.1) is 10.0 Å². The summed E-state index contributed by atoms with van der Waals surface area (Å²) in [6.45, 7) is 0. The number of para-hydroxylation sites is 1. The molecule has 0 amide bonds. The van der Waals surface area contributed by atoms with Crippen LogP contribution in [0.4, 0.5) is 17.1 Å². The van der Waals surface area contributed by atoms with Crippen LogP contribution in [0.2, 0.25) is 0 Å². The topological polar surface area (TPSA) is 16.4 Å². The molecule has 1 aromatic heterocycles. The number of nitrogens with zero attached hydrogens (tertiary/aromatic N) is 1. The smallest absolute Gasteiger partial charge is 0.137 e. The van der Waals surface area contributed by atoms with Gasteiger partial charge in [-0.05, 0) is 100 Å². The van der Waals surface area contributed by atoms with Crippen molar-refractivity contribution in [1.82, 2.24) is 0 Å². The fourth-order valence-corrected chi connectivity index (χ4v) is 15.5. The van der Waals surface area contributed by atoms with Crippen molar-refractivity contribution in [3.63, 3.8) is 0 Å². The summed E-state index contributed by atoms with van der Waals surface area (Å²) in [6, 6.07) is 77.8. The Labute approximate surface area is 343 Å². The largest absolute Gasteiger partial charge is 0.456 e. The summed E-state index contributed by atoms with van der Waals surface area (Å²) in [4.78, 5) is 10.7. The quantitative estimate of drug-likeness (QED) is 0.173. The maximum atomic E-state index is 6.52. The first kappa shape index (κ1) is 33.4. The highest BCUT2D eigenvalue weighted by Gasteiger charge is 2.47. The van der Waals surface area contributed by atoms with Gasteiger partial charge in [0.05, 0.1) is 16.8 Å². The van der Waals surface area contributed by atoms with Crippen LogP contribution < -0.4 is 4.90 Å². The molecule has 2 aliphatic rings. The van der Waals surface area contributed by atoms with Gasteiger partial charge in [0.2, 0.25) is 0 Å². The Hall–Kier alpha value is -6.72. The maximum absolute atomic E-state index is 6.52. The third-order valence-corrected chi connectivity index (χ3v) is 17.2. The van der Waals surface area contributed by atoms with Crippen molar-refractivity contribution >= 4 is 60.8 Å². The number of fused-ring (bicyclic) bond motifs is 12. The first-order valence-corrected chi connectivity index (χ1v) is 22.1. The van der Waals surface area contributed by atoms with Gasteiger partial charge in [-0.1, -0.05) is 157 Å². The number of hydrogen-bond acceptors (Lipinski definition) is 3. The van der Waals surface area contributed by atoms with Crippen molar-refractivity contribution in [1.29, 1.82) is 0 Å². The van der Waals surface area contributed by atoms with Crippen LogP contribution in [0.5, 0.6) is 0 Å². The minimum absolute atomic E-state index is 0.877. The van der Waals surface area contributed by atoms with Crippen molar-refractivity contribution < 1.29 is 4.42 Å². The molecule has 0 aliphatic carbocycles. The van der Waals surface area contributed by atoms with E-state index in [2.05, 4.69) is 217 Å². The number of benzene rings is 9. The summed E-state index contributed by atoms with van der Waals surface area (Å²) in [7, 11) is -1.82. The van der Waals surface area contributed by atoms with E-state index in [1.165, 1.54) is 62.8 Å². The Morgan fingerprint density at radius 2 is 0.897 bits per heavy atom. The van der Waals surface area contributed by atoms with Gasteiger partial charge >= 0.3 is 0 Å². The Kier molecular flexibility index (Phi) is 7.59. The van der Waals surface area contributed by atoms with E-state index in [1.807, 2.05) is 11.8 Å². The predicted molar refractivity (Wildman–Crippen MR) is 242 cm³/mol. The van der Waals surface area contributed by atoms with E-state index in [1.54, 1.807) is 0 Å². The Bertz CT molecular complexity index is 3160. The van der Waals surface area contributed by atoms with Gasteiger partial charge in [-0.2, -0.15) is 0 Å². The molecule has 0 bridgehead atoms. The van der Waals surface area contributed by atoms with Crippen LogP contribution in [-0.4, -0.2) is 0 Å². The lowest BCUT2D eigenvalue weighted by Crippen LogP contribution is -2.15. The first-order valence-electron chi connectivity index (χ1n) is 19.7. The van der Waals surface area contributed by atoms with Gasteiger partial charge in [0.1, 0.15) is 11.2 Å². The molecule has 0 N–H and O–H groups in total. The van der Waals surface area contributed by atoms with Crippen LogP contribution in [0.1, 0.15) is 0 Å². The lowest BCUT2D eigenvalue weighted by Gasteiger charge is -2.45. The molecule has 0 saturated carbocycles. The van der Waals surface area contributed by atoms with E-state index in [-0.39, 0.29) is 0 Å². The van der Waals surface area contributed by atoms with Crippen LogP contribution >= 0.6 is 21.8 Å². The van der Waals surface area contributed by atoms with E-state index >= 15 is 0 Å². The summed E-state index contributed by atoms with van der Waals surface area (Å²) < 4.78 is 6.52. The normalized spacial score (nSPS) is 13.8. The molecule has 2 nitrogen and oxygen atoms in total. The van der Waals surface area contributed by atoms with Crippen LogP contribution in [0.3, 0.4) is 0 Å². The molecule has 0 atom stereocenters. The number of furan rings is 1. The molecule has 0 saturated heterocycles. The molecule has 4 heteroatoms. The molecule has 0 fully saturated rings. The van der Waals surface area contributed by atoms with Crippen molar-refractivity contribution in [3.8, 4) is 33.4 Å². The monoisotopic (exact) mass is 777 g/mol. The fraction of sp³-hybridized carbons (Fsp3) is 0. The molecule has 58 heavy (non-hydrogen) atoms. The van der Waals surface area contributed by atoms with Gasteiger partial charge in [0.15, 0.2) is 0 Å². The summed E-state index contributed by atoms with van der Waals surface area (Å²) in [6.07, 6.45) is 0. The summed E-state index contributed by atoms with van der Waals surface area (Å²) in [5, 5.41) is 2.22. The standard InChI is InChI=1S/C54H35NOS2/c1-2-14-36(15-3-1)37-28-30-38(31-29-37)39-32-34-40(35-33-39)55(44-19-12-22-47-53(44)43-18-4-7-21-46(43)56-47)45-20-13-27-52-54(45)57-48-23-8-11-26-51(48)58(52)49-24-9-5-16-41(49)42-17-6-10-25-50(42)58/h1-35H. The van der Waals surface area contributed by atoms with Crippen molar-refractivity contribution in [2.24, 2.45) is 0 Å². The summed E-state index contributed by atoms with van der Waals surface area (Å²) in [5.74, 6) is 0. The highest BCUT2D eigenvalue weighted by molar-refractivity contribution is 8.35. The Morgan fingerprint density at radius 1 is 0.379 bits per heavy atom. The van der Waals surface area contributed by atoms with Gasteiger partial charge in [0.25, 0.3) is 0 Å². The molecule has 0 unspecified atom stereocenters. The van der Waals surface area contributed by atoms with Crippen LogP contribution in [0, 0.1) is 0 Å². The van der Waals surface area contributed by atoms with Crippen LogP contribution in [0.15, 0.2) is 246 Å². The van der Waals surface area contributed by atoms with E-state index in [4.69, 9.17) is 4.42 Å². The second-order valence-corrected chi connectivity index (χ2v) is 18.9. The fourth-order valence-electron chi connectivity index (χ4n) is 9.18.